The van der Waals surface area contributed by atoms with Crippen LogP contribution in [0.15, 0.2) is 24.3 Å². The van der Waals surface area contributed by atoms with Crippen molar-refractivity contribution >= 4 is 17.6 Å². The summed E-state index contributed by atoms with van der Waals surface area (Å²) in [5.41, 5.74) is 0.0316. The monoisotopic (exact) mass is 162 g/mol. The van der Waals surface area contributed by atoms with E-state index in [0.29, 0.717) is 0 Å². The Morgan fingerprint density at radius 3 is 2.27 bits per heavy atom. The van der Waals surface area contributed by atoms with Crippen LogP contribution in [0.1, 0.15) is 10.4 Å². The quantitative estimate of drug-likeness (QED) is 0.436. The van der Waals surface area contributed by atoms with Crippen LogP contribution in [0, 0.1) is 0 Å². The maximum Gasteiger partial charge on any atom is 1.00 e. The smallest absolute Gasteiger partial charge is 0.545 e. The fraction of sp³-hybridized carbons (Fsp3) is 0. The Hall–Kier alpha value is -0.423. The maximum absolute atomic E-state index is 10.2. The molecule has 52 valence electrons. The van der Waals surface area contributed by atoms with Crippen molar-refractivity contribution in [1.29, 1.82) is 0 Å². The second-order valence-corrected chi connectivity index (χ2v) is 2.17. The van der Waals surface area contributed by atoms with Crippen LogP contribution in [-0.2, 0) is 0 Å². The molecular weight excluding hydrogens is 158 g/mol. The first-order valence-electron chi connectivity index (χ1n) is 2.67. The molecule has 0 aliphatic heterocycles. The van der Waals surface area contributed by atoms with Gasteiger partial charge in [-0.1, -0.05) is 29.8 Å². The summed E-state index contributed by atoms with van der Waals surface area (Å²) in [6, 6.07) is 6.16. The predicted octanol–water partition coefficient (Wildman–Crippen LogP) is -2.29. The van der Waals surface area contributed by atoms with Gasteiger partial charge in [-0.3, -0.25) is 0 Å². The second-order valence-electron chi connectivity index (χ2n) is 1.77. The number of hydrogen-bond acceptors (Lipinski definition) is 2. The van der Waals surface area contributed by atoms with Crippen LogP contribution in [0.5, 0.6) is 0 Å². The van der Waals surface area contributed by atoms with Crippen LogP contribution in [0.25, 0.3) is 0 Å². The van der Waals surface area contributed by atoms with Gasteiger partial charge in [0, 0.05) is 10.6 Å². The minimum atomic E-state index is -1.24. The van der Waals surface area contributed by atoms with Gasteiger partial charge in [-0.05, 0) is 6.07 Å². The molecule has 1 rings (SSSR count). The van der Waals surface area contributed by atoms with E-state index < -0.39 is 5.97 Å². The number of hydrogen-bond donors (Lipinski definition) is 0. The van der Waals surface area contributed by atoms with E-state index in [9.17, 15) is 9.90 Å². The summed E-state index contributed by atoms with van der Waals surface area (Å²) in [5, 5.41) is 10.4. The zero-order valence-corrected chi connectivity index (χ0v) is 6.76. The van der Waals surface area contributed by atoms with Crippen molar-refractivity contribution in [2.24, 2.45) is 0 Å². The summed E-state index contributed by atoms with van der Waals surface area (Å²) >= 11 is 5.50. The van der Waals surface area contributed by atoms with Crippen LogP contribution in [0.3, 0.4) is 0 Å². The summed E-state index contributed by atoms with van der Waals surface area (Å²) in [7, 11) is 0. The average Bonchev–Trinajstić information content (AvgIpc) is 1.88. The third-order valence-corrected chi connectivity index (χ3v) is 1.42. The Labute approximate surface area is 81.4 Å². The van der Waals surface area contributed by atoms with Gasteiger partial charge in [0.1, 0.15) is 0 Å². The van der Waals surface area contributed by atoms with Gasteiger partial charge in [0.15, 0.2) is 0 Å². The van der Waals surface area contributed by atoms with Crippen LogP contribution in [0.2, 0.25) is 5.02 Å². The number of halogens is 1. The van der Waals surface area contributed by atoms with Crippen LogP contribution in [-0.4, -0.2) is 5.97 Å². The number of benzene rings is 1. The minimum absolute atomic E-state index is 0. The summed E-state index contributed by atoms with van der Waals surface area (Å²) < 4.78 is 0. The molecule has 1 aromatic rings. The zero-order chi connectivity index (χ0) is 7.56. The number of carbonyl (C=O) groups excluding carboxylic acids is 1. The molecule has 0 fully saturated rings. The molecule has 0 saturated heterocycles. The van der Waals surface area contributed by atoms with Gasteiger partial charge in [0.25, 0.3) is 0 Å². The Morgan fingerprint density at radius 2 is 1.91 bits per heavy atom. The molecule has 0 bridgehead atoms. The normalized spacial score (nSPS) is 8.45. The van der Waals surface area contributed by atoms with Gasteiger partial charge in [0.2, 0.25) is 0 Å². The zero-order valence-electron chi connectivity index (χ0n) is 6.00. The van der Waals surface area contributed by atoms with E-state index in [-0.39, 0.29) is 29.4 Å². The SMILES string of the molecule is O=C([O-])c1ccccc1Cl.[Li+]. The number of rotatable bonds is 1. The fourth-order valence-electron chi connectivity index (χ4n) is 0.627. The number of carbonyl (C=O) groups is 1. The summed E-state index contributed by atoms with van der Waals surface area (Å²) in [6.07, 6.45) is 0. The molecule has 4 heteroatoms. The molecule has 1 aromatic carbocycles. The first-order chi connectivity index (χ1) is 4.72. The van der Waals surface area contributed by atoms with Crippen molar-refractivity contribution < 1.29 is 28.8 Å². The first-order valence-corrected chi connectivity index (χ1v) is 3.05. The molecule has 2 nitrogen and oxygen atoms in total. The van der Waals surface area contributed by atoms with Crippen molar-refractivity contribution in [2.45, 2.75) is 0 Å². The van der Waals surface area contributed by atoms with Gasteiger partial charge < -0.3 is 9.90 Å². The van der Waals surface area contributed by atoms with Crippen molar-refractivity contribution in [2.75, 3.05) is 0 Å². The van der Waals surface area contributed by atoms with E-state index >= 15 is 0 Å². The molecule has 0 amide bonds. The Morgan fingerprint density at radius 1 is 1.36 bits per heavy atom. The minimum Gasteiger partial charge on any atom is -0.545 e. The molecule has 0 N–H and O–H groups in total. The molecule has 0 saturated carbocycles. The predicted molar refractivity (Wildman–Crippen MR) is 35.8 cm³/mol. The molecule has 0 aliphatic rings. The van der Waals surface area contributed by atoms with Crippen molar-refractivity contribution in [3.63, 3.8) is 0 Å². The van der Waals surface area contributed by atoms with Crippen LogP contribution < -0.4 is 24.0 Å². The van der Waals surface area contributed by atoms with Crippen molar-refractivity contribution in [1.82, 2.24) is 0 Å². The van der Waals surface area contributed by atoms with E-state index in [0.717, 1.165) is 0 Å². The van der Waals surface area contributed by atoms with E-state index in [2.05, 4.69) is 0 Å². The molecule has 0 aromatic heterocycles. The third-order valence-electron chi connectivity index (χ3n) is 1.09. The Balaban J connectivity index is 0.000001000. The average molecular weight is 163 g/mol. The molecule has 0 heterocycles. The first kappa shape index (κ1) is 10.6. The Kier molecular flexibility index (Phi) is 4.28. The standard InChI is InChI=1S/C7H5ClO2.Li/c8-6-4-2-1-3-5(6)7(9)10;/h1-4H,(H,9,10);/q;+1/p-1. The topological polar surface area (TPSA) is 40.1 Å². The molecule has 11 heavy (non-hydrogen) atoms. The summed E-state index contributed by atoms with van der Waals surface area (Å²) in [5.74, 6) is -1.24. The van der Waals surface area contributed by atoms with Gasteiger partial charge in [-0.25, -0.2) is 0 Å². The van der Waals surface area contributed by atoms with E-state index in [1.807, 2.05) is 0 Å². The molecule has 0 radical (unpaired) electrons. The third kappa shape index (κ3) is 2.59. The number of aromatic carboxylic acids is 1. The number of carboxylic acid groups (broad SMARTS) is 1. The summed E-state index contributed by atoms with van der Waals surface area (Å²) in [6.45, 7) is 0. The van der Waals surface area contributed by atoms with Gasteiger partial charge in [-0.2, -0.15) is 0 Å². The Bertz CT molecular complexity index is 262. The van der Waals surface area contributed by atoms with E-state index in [1.54, 1.807) is 12.1 Å². The van der Waals surface area contributed by atoms with Gasteiger partial charge >= 0.3 is 18.9 Å². The van der Waals surface area contributed by atoms with Crippen molar-refractivity contribution in [3.8, 4) is 0 Å². The van der Waals surface area contributed by atoms with Crippen molar-refractivity contribution in [3.05, 3.63) is 34.9 Å². The molecule has 0 spiro atoms. The second kappa shape index (κ2) is 4.45. The van der Waals surface area contributed by atoms with E-state index in [4.69, 9.17) is 11.6 Å². The fourth-order valence-corrected chi connectivity index (χ4v) is 0.840. The molecule has 0 atom stereocenters. The van der Waals surface area contributed by atoms with Crippen LogP contribution in [0.4, 0.5) is 0 Å². The number of carboxylic acids is 1. The molecule has 0 unspecified atom stereocenters. The van der Waals surface area contributed by atoms with E-state index in [1.165, 1.54) is 12.1 Å². The molecule has 0 aliphatic carbocycles. The van der Waals surface area contributed by atoms with Gasteiger partial charge in [-0.15, -0.1) is 0 Å². The summed E-state index contributed by atoms with van der Waals surface area (Å²) in [4.78, 5) is 10.2. The largest absolute Gasteiger partial charge is 1.00 e. The van der Waals surface area contributed by atoms with Gasteiger partial charge in [0.05, 0.1) is 5.97 Å². The van der Waals surface area contributed by atoms with Crippen LogP contribution >= 0.6 is 11.6 Å². The molecular formula is C7H4ClLiO2. The maximum atomic E-state index is 10.2.